The molecule has 11 heteroatoms. The zero-order chi connectivity index (χ0) is 33.4. The van der Waals surface area contributed by atoms with Gasteiger partial charge in [-0.2, -0.15) is 5.26 Å². The summed E-state index contributed by atoms with van der Waals surface area (Å²) in [5.74, 6) is 0.516. The van der Waals surface area contributed by atoms with E-state index in [-0.39, 0.29) is 36.4 Å². The molecule has 0 radical (unpaired) electrons. The Hall–Kier alpha value is -4.53. The van der Waals surface area contributed by atoms with Crippen molar-refractivity contribution in [2.45, 2.75) is 64.1 Å². The van der Waals surface area contributed by atoms with Gasteiger partial charge in [0.15, 0.2) is 5.82 Å². The van der Waals surface area contributed by atoms with Gasteiger partial charge in [0.1, 0.15) is 23.7 Å². The van der Waals surface area contributed by atoms with Crippen LogP contribution in [0.5, 0.6) is 5.75 Å². The first-order valence-electron chi connectivity index (χ1n) is 15.5. The fraction of sp³-hybridized carbons (Fsp3) is 0.457. The summed E-state index contributed by atoms with van der Waals surface area (Å²) < 4.78 is 17.0. The summed E-state index contributed by atoms with van der Waals surface area (Å²) in [4.78, 5) is 39.5. The van der Waals surface area contributed by atoms with Crippen LogP contribution in [-0.4, -0.2) is 85.5 Å². The fourth-order valence-electron chi connectivity index (χ4n) is 5.45. The molecule has 0 atom stereocenters. The van der Waals surface area contributed by atoms with Gasteiger partial charge in [0.25, 0.3) is 5.91 Å². The van der Waals surface area contributed by atoms with Gasteiger partial charge in [-0.3, -0.25) is 9.69 Å². The molecule has 244 valence electrons. The Morgan fingerprint density at radius 2 is 1.80 bits per heavy atom. The molecule has 2 aromatic carbocycles. The summed E-state index contributed by atoms with van der Waals surface area (Å²) in [7, 11) is 5.76. The molecule has 1 saturated carbocycles. The second-order valence-electron chi connectivity index (χ2n) is 12.7. The Morgan fingerprint density at radius 3 is 2.46 bits per heavy atom. The fourth-order valence-corrected chi connectivity index (χ4v) is 5.45. The van der Waals surface area contributed by atoms with E-state index in [0.29, 0.717) is 40.9 Å². The number of hydrogen-bond donors (Lipinski definition) is 1. The highest BCUT2D eigenvalue weighted by molar-refractivity contribution is 6.06. The van der Waals surface area contributed by atoms with Crippen molar-refractivity contribution in [1.82, 2.24) is 20.2 Å². The number of amides is 2. The van der Waals surface area contributed by atoms with Crippen LogP contribution in [0, 0.1) is 11.3 Å². The molecule has 0 unspecified atom stereocenters. The van der Waals surface area contributed by atoms with Crippen molar-refractivity contribution in [1.29, 1.82) is 5.26 Å². The van der Waals surface area contributed by atoms with Crippen LogP contribution in [0.15, 0.2) is 54.7 Å². The van der Waals surface area contributed by atoms with Crippen LogP contribution in [0.4, 0.5) is 10.5 Å². The van der Waals surface area contributed by atoms with Gasteiger partial charge in [0.05, 0.1) is 24.9 Å². The van der Waals surface area contributed by atoms with Crippen molar-refractivity contribution < 1.29 is 23.8 Å². The topological polar surface area (TPSA) is 130 Å². The van der Waals surface area contributed by atoms with Crippen molar-refractivity contribution in [2.75, 3.05) is 45.9 Å². The maximum Gasteiger partial charge on any atom is 0.415 e. The number of carbonyl (C=O) groups is 2. The van der Waals surface area contributed by atoms with E-state index in [0.717, 1.165) is 31.1 Å². The molecular weight excluding hydrogens is 584 g/mol. The lowest BCUT2D eigenvalue weighted by Crippen LogP contribution is -2.42. The summed E-state index contributed by atoms with van der Waals surface area (Å²) in [6.07, 6.45) is 4.81. The molecule has 1 aliphatic rings. The average Bonchev–Trinajstić information content (AvgIpc) is 3.02. The van der Waals surface area contributed by atoms with E-state index in [2.05, 4.69) is 40.9 Å². The Kier molecular flexibility index (Phi) is 11.3. The van der Waals surface area contributed by atoms with Gasteiger partial charge in [0, 0.05) is 41.9 Å². The van der Waals surface area contributed by atoms with Crippen LogP contribution in [0.2, 0.25) is 0 Å². The number of aromatic nitrogens is 2. The Labute approximate surface area is 271 Å². The zero-order valence-electron chi connectivity index (χ0n) is 27.6. The van der Waals surface area contributed by atoms with Gasteiger partial charge in [-0.15, -0.1) is 0 Å². The quantitative estimate of drug-likeness (QED) is 0.209. The maximum absolute atomic E-state index is 13.6. The Bertz CT molecular complexity index is 1600. The van der Waals surface area contributed by atoms with Crippen LogP contribution in [0.25, 0.3) is 22.2 Å². The number of methoxy groups -OCH3 is 1. The standard InChI is InChI=1S/C35H44N6O5/c1-23(21-36)22-41(34(43)46-35(2,3)4)31-28-20-25(9-8-24(28)10-15-30(31)45-19-18-44-7)32-37-17-16-29(39-32)33(42)38-26-11-13-27(14-12-26)40(5)6/h8-10,15-17,20,26-27H,1,11-14,18-19,22H2,2-7H3,(H,38,42). The van der Waals surface area contributed by atoms with Crippen LogP contribution in [0.3, 0.4) is 0 Å². The number of fused-ring (bicyclic) bond motifs is 1. The average molecular weight is 629 g/mol. The molecular formula is C35H44N6O5. The molecule has 1 heterocycles. The predicted octanol–water partition coefficient (Wildman–Crippen LogP) is 5.75. The third-order valence-corrected chi connectivity index (χ3v) is 7.80. The van der Waals surface area contributed by atoms with Crippen molar-refractivity contribution in [3.63, 3.8) is 0 Å². The minimum Gasteiger partial charge on any atom is -0.489 e. The van der Waals surface area contributed by atoms with Crippen molar-refractivity contribution in [3.05, 3.63) is 60.4 Å². The van der Waals surface area contributed by atoms with Gasteiger partial charge in [0.2, 0.25) is 0 Å². The molecule has 0 bridgehead atoms. The number of carbonyl (C=O) groups excluding carboxylic acids is 2. The summed E-state index contributed by atoms with van der Waals surface area (Å²) in [5, 5.41) is 14.2. The molecule has 1 aliphatic carbocycles. The summed E-state index contributed by atoms with van der Waals surface area (Å²) in [5.41, 5.74) is 0.684. The van der Waals surface area contributed by atoms with Gasteiger partial charge in [-0.25, -0.2) is 14.8 Å². The number of rotatable bonds is 11. The lowest BCUT2D eigenvalue weighted by atomic mass is 9.90. The van der Waals surface area contributed by atoms with E-state index in [1.165, 1.54) is 4.90 Å². The highest BCUT2D eigenvalue weighted by Crippen LogP contribution is 2.39. The highest BCUT2D eigenvalue weighted by Gasteiger charge is 2.29. The van der Waals surface area contributed by atoms with E-state index in [4.69, 9.17) is 14.2 Å². The number of benzene rings is 2. The largest absolute Gasteiger partial charge is 0.489 e. The molecule has 4 rings (SSSR count). The summed E-state index contributed by atoms with van der Waals surface area (Å²) in [6, 6.07) is 13.5. The molecule has 11 nitrogen and oxygen atoms in total. The van der Waals surface area contributed by atoms with E-state index >= 15 is 0 Å². The molecule has 0 aliphatic heterocycles. The minimum atomic E-state index is -0.795. The second-order valence-corrected chi connectivity index (χ2v) is 12.7. The first kappa shape index (κ1) is 34.3. The molecule has 0 spiro atoms. The normalized spacial score (nSPS) is 16.5. The number of ether oxygens (including phenoxy) is 3. The molecule has 0 saturated heterocycles. The lowest BCUT2D eigenvalue weighted by molar-refractivity contribution is 0.0582. The number of hydrogen-bond acceptors (Lipinski definition) is 9. The van der Waals surface area contributed by atoms with Gasteiger partial charge >= 0.3 is 6.09 Å². The van der Waals surface area contributed by atoms with Gasteiger partial charge in [-0.05, 0) is 84.1 Å². The van der Waals surface area contributed by atoms with Crippen molar-refractivity contribution in [3.8, 4) is 23.2 Å². The van der Waals surface area contributed by atoms with E-state index in [1.807, 2.05) is 30.3 Å². The van der Waals surface area contributed by atoms with Crippen LogP contribution >= 0.6 is 0 Å². The van der Waals surface area contributed by atoms with Gasteiger partial charge < -0.3 is 24.4 Å². The number of nitriles is 1. The highest BCUT2D eigenvalue weighted by atomic mass is 16.6. The van der Waals surface area contributed by atoms with Gasteiger partial charge in [-0.1, -0.05) is 24.8 Å². The number of nitrogens with one attached hydrogen (secondary N) is 1. The molecule has 1 N–H and O–H groups in total. The Morgan fingerprint density at radius 1 is 1.09 bits per heavy atom. The lowest BCUT2D eigenvalue weighted by Gasteiger charge is -2.32. The van der Waals surface area contributed by atoms with Crippen molar-refractivity contribution in [2.24, 2.45) is 0 Å². The summed E-state index contributed by atoms with van der Waals surface area (Å²) >= 11 is 0. The molecule has 2 amide bonds. The number of anilines is 1. The van der Waals surface area contributed by atoms with Crippen LogP contribution < -0.4 is 15.0 Å². The van der Waals surface area contributed by atoms with Crippen molar-refractivity contribution >= 4 is 28.5 Å². The third kappa shape index (κ3) is 8.80. The molecule has 3 aromatic rings. The van der Waals surface area contributed by atoms with Crippen LogP contribution in [0.1, 0.15) is 56.9 Å². The molecule has 1 fully saturated rings. The van der Waals surface area contributed by atoms with E-state index in [9.17, 15) is 14.9 Å². The summed E-state index contributed by atoms with van der Waals surface area (Å²) in [6.45, 7) is 9.58. The second kappa shape index (κ2) is 15.2. The predicted molar refractivity (Wildman–Crippen MR) is 178 cm³/mol. The van der Waals surface area contributed by atoms with Crippen LogP contribution in [-0.2, 0) is 9.47 Å². The SMILES string of the molecule is C=C(C#N)CN(C(=O)OC(C)(C)C)c1c(OCCOC)ccc2ccc(-c3nccc(C(=O)NC4CCC(N(C)C)CC4)n3)cc12. The first-order valence-corrected chi connectivity index (χ1v) is 15.5. The molecule has 1 aromatic heterocycles. The first-order chi connectivity index (χ1) is 21.9. The van der Waals surface area contributed by atoms with E-state index < -0.39 is 11.7 Å². The minimum absolute atomic E-state index is 0.101. The monoisotopic (exact) mass is 628 g/mol. The third-order valence-electron chi connectivity index (χ3n) is 7.80. The Balaban J connectivity index is 1.73. The van der Waals surface area contributed by atoms with E-state index in [1.54, 1.807) is 46.2 Å². The molecule has 46 heavy (non-hydrogen) atoms. The maximum atomic E-state index is 13.6. The number of nitrogens with zero attached hydrogens (tertiary/aromatic N) is 5. The smallest absolute Gasteiger partial charge is 0.415 e. The zero-order valence-corrected chi connectivity index (χ0v) is 27.6.